The van der Waals surface area contributed by atoms with Crippen LogP contribution in [0.5, 0.6) is 0 Å². The van der Waals surface area contributed by atoms with Crippen molar-refractivity contribution in [3.8, 4) is 0 Å². The number of guanidine groups is 1. The molecule has 2 N–H and O–H groups in total. The maximum atomic E-state index is 4.58. The zero-order valence-corrected chi connectivity index (χ0v) is 15.9. The lowest BCUT2D eigenvalue weighted by molar-refractivity contribution is 0.774. The van der Waals surface area contributed by atoms with Crippen molar-refractivity contribution < 1.29 is 0 Å². The van der Waals surface area contributed by atoms with Crippen LogP contribution in [0.1, 0.15) is 33.2 Å². The zero-order chi connectivity index (χ0) is 16.7. The van der Waals surface area contributed by atoms with Gasteiger partial charge in [0.15, 0.2) is 5.96 Å². The number of thiazole rings is 2. The molecule has 23 heavy (non-hydrogen) atoms. The molecule has 2 aromatic rings. The third kappa shape index (κ3) is 5.58. The van der Waals surface area contributed by atoms with Crippen molar-refractivity contribution in [3.63, 3.8) is 0 Å². The van der Waals surface area contributed by atoms with E-state index in [0.717, 1.165) is 49.7 Å². The Hall–Kier alpha value is -1.47. The molecular formula is C16H25N5S2. The Bertz CT molecular complexity index is 625. The maximum Gasteiger partial charge on any atom is 0.191 e. The quantitative estimate of drug-likeness (QED) is 0.595. The van der Waals surface area contributed by atoms with Crippen LogP contribution in [0, 0.1) is 13.8 Å². The number of rotatable bonds is 7. The van der Waals surface area contributed by atoms with Crippen LogP contribution >= 0.6 is 22.7 Å². The number of hydrogen-bond acceptors (Lipinski definition) is 5. The monoisotopic (exact) mass is 351 g/mol. The molecule has 0 amide bonds. The lowest BCUT2D eigenvalue weighted by Crippen LogP contribution is -2.39. The molecule has 0 aliphatic rings. The topological polar surface area (TPSA) is 62.2 Å². The summed E-state index contributed by atoms with van der Waals surface area (Å²) < 4.78 is 0. The highest BCUT2D eigenvalue weighted by Gasteiger charge is 2.05. The van der Waals surface area contributed by atoms with Crippen molar-refractivity contribution >= 4 is 28.6 Å². The van der Waals surface area contributed by atoms with Gasteiger partial charge in [0.05, 0.1) is 21.4 Å². The lowest BCUT2D eigenvalue weighted by atomic mass is 10.3. The minimum atomic E-state index is 0.834. The van der Waals surface area contributed by atoms with Gasteiger partial charge in [-0.25, -0.2) is 9.97 Å². The fraction of sp³-hybridized carbons (Fsp3) is 0.562. The molecule has 126 valence electrons. The van der Waals surface area contributed by atoms with Crippen molar-refractivity contribution in [2.45, 2.75) is 40.0 Å². The first kappa shape index (κ1) is 17.9. The molecule has 0 aliphatic carbocycles. The Labute approximate surface area is 146 Å². The number of aryl methyl sites for hydroxylation is 3. The number of aromatic nitrogens is 2. The van der Waals surface area contributed by atoms with Crippen LogP contribution in [-0.4, -0.2) is 36.1 Å². The predicted octanol–water partition coefficient (Wildman–Crippen LogP) is 2.73. The van der Waals surface area contributed by atoms with Gasteiger partial charge < -0.3 is 10.6 Å². The lowest BCUT2D eigenvalue weighted by Gasteiger charge is -2.10. The molecule has 0 saturated carbocycles. The third-order valence-corrected chi connectivity index (χ3v) is 5.68. The smallest absolute Gasteiger partial charge is 0.191 e. The summed E-state index contributed by atoms with van der Waals surface area (Å²) in [5.41, 5.74) is 2.30. The van der Waals surface area contributed by atoms with Crippen molar-refractivity contribution in [2.75, 3.05) is 20.1 Å². The molecule has 0 unspecified atom stereocenters. The van der Waals surface area contributed by atoms with Crippen molar-refractivity contribution in [1.29, 1.82) is 0 Å². The van der Waals surface area contributed by atoms with Crippen LogP contribution in [0.4, 0.5) is 0 Å². The normalized spacial score (nSPS) is 11.7. The summed E-state index contributed by atoms with van der Waals surface area (Å²) in [6.07, 6.45) is 2.85. The Morgan fingerprint density at radius 3 is 2.43 bits per heavy atom. The van der Waals surface area contributed by atoms with E-state index in [1.807, 2.05) is 0 Å². The van der Waals surface area contributed by atoms with Crippen molar-refractivity contribution in [2.24, 2.45) is 4.99 Å². The van der Waals surface area contributed by atoms with E-state index in [0.29, 0.717) is 0 Å². The molecule has 0 aliphatic heterocycles. The van der Waals surface area contributed by atoms with Gasteiger partial charge in [0.25, 0.3) is 0 Å². The molecule has 0 fully saturated rings. The minimum Gasteiger partial charge on any atom is -0.356 e. The molecule has 7 heteroatoms. The van der Waals surface area contributed by atoms with E-state index in [-0.39, 0.29) is 0 Å². The first-order valence-corrected chi connectivity index (χ1v) is 9.62. The predicted molar refractivity (Wildman–Crippen MR) is 99.9 cm³/mol. The molecule has 2 rings (SSSR count). The highest BCUT2D eigenvalue weighted by molar-refractivity contribution is 7.11. The van der Waals surface area contributed by atoms with Crippen molar-refractivity contribution in [3.05, 3.63) is 31.7 Å². The Morgan fingerprint density at radius 2 is 1.87 bits per heavy atom. The molecule has 0 bridgehead atoms. The highest BCUT2D eigenvalue weighted by atomic mass is 32.1. The molecule has 0 radical (unpaired) electrons. The second-order valence-electron chi connectivity index (χ2n) is 5.26. The van der Waals surface area contributed by atoms with Gasteiger partial charge in [-0.2, -0.15) is 0 Å². The van der Waals surface area contributed by atoms with Crippen LogP contribution in [0.3, 0.4) is 0 Å². The second kappa shape index (κ2) is 8.98. The molecule has 0 saturated heterocycles. The van der Waals surface area contributed by atoms with Gasteiger partial charge in [0.1, 0.15) is 0 Å². The largest absolute Gasteiger partial charge is 0.356 e. The first-order chi connectivity index (χ1) is 11.1. The Kier molecular flexibility index (Phi) is 6.98. The number of nitrogens with one attached hydrogen (secondary N) is 2. The summed E-state index contributed by atoms with van der Waals surface area (Å²) in [5.74, 6) is 0.834. The fourth-order valence-electron chi connectivity index (χ4n) is 2.09. The van der Waals surface area contributed by atoms with Gasteiger partial charge in [0, 0.05) is 43.2 Å². The highest BCUT2D eigenvalue weighted by Crippen LogP contribution is 2.16. The van der Waals surface area contributed by atoms with Crippen LogP contribution < -0.4 is 10.6 Å². The standard InChI is InChI=1S/C16H25N5S2/c1-5-14-21-13(10-22-14)6-8-18-16(17-4)19-9-7-15-20-11(2)12(3)23-15/h10H,5-9H2,1-4H3,(H2,17,18,19). The summed E-state index contributed by atoms with van der Waals surface area (Å²) in [5, 5.41) is 11.2. The number of hydrogen-bond donors (Lipinski definition) is 2. The summed E-state index contributed by atoms with van der Waals surface area (Å²) in [6.45, 7) is 7.99. The van der Waals surface area contributed by atoms with E-state index in [1.54, 1.807) is 29.7 Å². The average Bonchev–Trinajstić information content (AvgIpc) is 3.12. The van der Waals surface area contributed by atoms with Gasteiger partial charge in [-0.05, 0) is 20.3 Å². The fourth-order valence-corrected chi connectivity index (χ4v) is 3.80. The Balaban J connectivity index is 1.68. The second-order valence-corrected chi connectivity index (χ2v) is 7.49. The van der Waals surface area contributed by atoms with E-state index in [4.69, 9.17) is 0 Å². The SMILES string of the molecule is CCc1nc(CCNC(=NC)NCCc2nc(C)c(C)s2)cs1. The van der Waals surface area contributed by atoms with Gasteiger partial charge in [0.2, 0.25) is 0 Å². The average molecular weight is 352 g/mol. The van der Waals surface area contributed by atoms with Crippen LogP contribution in [-0.2, 0) is 19.3 Å². The van der Waals surface area contributed by atoms with E-state index >= 15 is 0 Å². The number of aliphatic imine (C=N–C) groups is 1. The van der Waals surface area contributed by atoms with Gasteiger partial charge >= 0.3 is 0 Å². The maximum absolute atomic E-state index is 4.58. The molecule has 0 aromatic carbocycles. The van der Waals surface area contributed by atoms with Crippen LogP contribution in [0.2, 0.25) is 0 Å². The third-order valence-electron chi connectivity index (χ3n) is 3.50. The van der Waals surface area contributed by atoms with E-state index in [1.165, 1.54) is 14.9 Å². The molecule has 0 atom stereocenters. The van der Waals surface area contributed by atoms with E-state index in [9.17, 15) is 0 Å². The van der Waals surface area contributed by atoms with Gasteiger partial charge in [-0.3, -0.25) is 4.99 Å². The molecule has 2 aromatic heterocycles. The molecule has 5 nitrogen and oxygen atoms in total. The zero-order valence-electron chi connectivity index (χ0n) is 14.3. The summed E-state index contributed by atoms with van der Waals surface area (Å²) in [7, 11) is 1.80. The van der Waals surface area contributed by atoms with E-state index in [2.05, 4.69) is 51.7 Å². The minimum absolute atomic E-state index is 0.834. The molecule has 0 spiro atoms. The van der Waals surface area contributed by atoms with Crippen LogP contribution in [0.25, 0.3) is 0 Å². The first-order valence-electron chi connectivity index (χ1n) is 7.93. The van der Waals surface area contributed by atoms with Gasteiger partial charge in [-0.1, -0.05) is 6.92 Å². The molecular weight excluding hydrogens is 326 g/mol. The van der Waals surface area contributed by atoms with Gasteiger partial charge in [-0.15, -0.1) is 22.7 Å². The molecule has 2 heterocycles. The summed E-state index contributed by atoms with van der Waals surface area (Å²) >= 11 is 3.51. The van der Waals surface area contributed by atoms with Crippen molar-refractivity contribution in [1.82, 2.24) is 20.6 Å². The summed E-state index contributed by atoms with van der Waals surface area (Å²) in [6, 6.07) is 0. The number of nitrogens with zero attached hydrogens (tertiary/aromatic N) is 3. The van der Waals surface area contributed by atoms with Crippen LogP contribution in [0.15, 0.2) is 10.4 Å². The summed E-state index contributed by atoms with van der Waals surface area (Å²) in [4.78, 5) is 14.7. The Morgan fingerprint density at radius 1 is 1.13 bits per heavy atom. The van der Waals surface area contributed by atoms with E-state index < -0.39 is 0 Å².